The number of ether oxygens (including phenoxy) is 4. The van der Waals surface area contributed by atoms with Crippen LogP contribution in [0.2, 0.25) is 10.0 Å². The van der Waals surface area contributed by atoms with Gasteiger partial charge in [-0.3, -0.25) is 0 Å². The molecule has 0 saturated carbocycles. The van der Waals surface area contributed by atoms with Crippen molar-refractivity contribution in [2.45, 2.75) is 57.0 Å². The predicted molar refractivity (Wildman–Crippen MR) is 147 cm³/mol. The van der Waals surface area contributed by atoms with Gasteiger partial charge >= 0.3 is 0 Å². The molecule has 12 nitrogen and oxygen atoms in total. The van der Waals surface area contributed by atoms with E-state index < -0.39 is 37.3 Å². The third-order valence-electron chi connectivity index (χ3n) is 6.57. The molecule has 0 bridgehead atoms. The summed E-state index contributed by atoms with van der Waals surface area (Å²) in [7, 11) is 1.45. The molecule has 0 aliphatic carbocycles. The minimum Gasteiger partial charge on any atom is -0.394 e. The van der Waals surface area contributed by atoms with Gasteiger partial charge in [0.1, 0.15) is 35.8 Å². The number of benzene rings is 2. The van der Waals surface area contributed by atoms with Crippen molar-refractivity contribution < 1.29 is 29.2 Å². The van der Waals surface area contributed by atoms with E-state index in [-0.39, 0.29) is 13.2 Å². The van der Waals surface area contributed by atoms with Crippen LogP contribution in [0.5, 0.6) is 0 Å². The van der Waals surface area contributed by atoms with Crippen LogP contribution in [0.1, 0.15) is 22.5 Å². The van der Waals surface area contributed by atoms with Gasteiger partial charge in [-0.1, -0.05) is 57.9 Å². The van der Waals surface area contributed by atoms with E-state index in [9.17, 15) is 10.2 Å². The molecule has 5 unspecified atom stereocenters. The van der Waals surface area contributed by atoms with E-state index in [0.29, 0.717) is 34.5 Å². The summed E-state index contributed by atoms with van der Waals surface area (Å²) in [5.74, 6) is 0. The summed E-state index contributed by atoms with van der Waals surface area (Å²) in [6.07, 6.45) is -1.26. The highest BCUT2D eigenvalue weighted by molar-refractivity contribution is 6.30. The lowest BCUT2D eigenvalue weighted by molar-refractivity contribution is -0.314. The summed E-state index contributed by atoms with van der Waals surface area (Å²) in [5.41, 5.74) is 3.15. The average molecular weight is 605 g/mol. The average Bonchev–Trinajstić information content (AvgIpc) is 3.63. The molecule has 0 spiro atoms. The minimum absolute atomic E-state index is 0.0358. The SMILES string of the molecule is COC1OC(CO)C(O)C(OCc2cn(Cc3ccc(Cl)cc3)nn2)C1OCc1cn(Cc2ccc(Cl)cc2)nn1. The fraction of sp³-hybridized carbons (Fsp3) is 0.407. The highest BCUT2D eigenvalue weighted by atomic mass is 35.5. The zero-order chi connectivity index (χ0) is 28.8. The molecule has 0 radical (unpaired) electrons. The zero-order valence-electron chi connectivity index (χ0n) is 22.2. The van der Waals surface area contributed by atoms with E-state index in [1.807, 2.05) is 48.5 Å². The molecule has 218 valence electrons. The molecule has 3 heterocycles. The maximum Gasteiger partial charge on any atom is 0.186 e. The lowest BCUT2D eigenvalue weighted by atomic mass is 9.98. The van der Waals surface area contributed by atoms with Crippen LogP contribution in [0.4, 0.5) is 0 Å². The van der Waals surface area contributed by atoms with Crippen LogP contribution >= 0.6 is 23.2 Å². The Hall–Kier alpha value is -2.94. The number of aliphatic hydroxyl groups is 2. The van der Waals surface area contributed by atoms with Gasteiger partial charge in [-0.15, -0.1) is 10.2 Å². The van der Waals surface area contributed by atoms with Crippen LogP contribution in [0.3, 0.4) is 0 Å². The monoisotopic (exact) mass is 604 g/mol. The number of aromatic nitrogens is 6. The number of hydrogen-bond acceptors (Lipinski definition) is 10. The lowest BCUT2D eigenvalue weighted by Gasteiger charge is -2.43. The topological polar surface area (TPSA) is 139 Å². The number of nitrogens with zero attached hydrogens (tertiary/aromatic N) is 6. The molecular formula is C27H30Cl2N6O6. The van der Waals surface area contributed by atoms with Gasteiger partial charge in [0.2, 0.25) is 0 Å². The van der Waals surface area contributed by atoms with Crippen molar-refractivity contribution in [1.82, 2.24) is 30.0 Å². The van der Waals surface area contributed by atoms with Crippen molar-refractivity contribution in [1.29, 1.82) is 0 Å². The third kappa shape index (κ3) is 7.67. The molecule has 5 rings (SSSR count). The first-order valence-corrected chi connectivity index (χ1v) is 13.6. The first-order chi connectivity index (χ1) is 19.9. The van der Waals surface area contributed by atoms with E-state index in [0.717, 1.165) is 11.1 Å². The van der Waals surface area contributed by atoms with E-state index in [1.54, 1.807) is 21.8 Å². The van der Waals surface area contributed by atoms with Crippen molar-refractivity contribution in [3.8, 4) is 0 Å². The fourth-order valence-electron chi connectivity index (χ4n) is 4.48. The third-order valence-corrected chi connectivity index (χ3v) is 7.07. The summed E-state index contributed by atoms with van der Waals surface area (Å²) in [4.78, 5) is 0. The van der Waals surface area contributed by atoms with E-state index >= 15 is 0 Å². The zero-order valence-corrected chi connectivity index (χ0v) is 23.7. The van der Waals surface area contributed by atoms with Gasteiger partial charge < -0.3 is 29.2 Å². The predicted octanol–water partition coefficient (Wildman–Crippen LogP) is 2.47. The van der Waals surface area contributed by atoms with Crippen molar-refractivity contribution in [2.24, 2.45) is 0 Å². The van der Waals surface area contributed by atoms with Gasteiger partial charge in [0.25, 0.3) is 0 Å². The molecule has 2 aromatic heterocycles. The largest absolute Gasteiger partial charge is 0.394 e. The number of methoxy groups -OCH3 is 1. The van der Waals surface area contributed by atoms with Gasteiger partial charge in [-0.05, 0) is 35.4 Å². The van der Waals surface area contributed by atoms with Crippen LogP contribution in [0.25, 0.3) is 0 Å². The summed E-state index contributed by atoms with van der Waals surface area (Å²) < 4.78 is 26.8. The number of rotatable bonds is 12. The van der Waals surface area contributed by atoms with Crippen molar-refractivity contribution >= 4 is 23.2 Å². The highest BCUT2D eigenvalue weighted by Crippen LogP contribution is 2.28. The molecule has 1 fully saturated rings. The Morgan fingerprint density at radius 1 is 0.805 bits per heavy atom. The summed E-state index contributed by atoms with van der Waals surface area (Å²) in [5, 5.41) is 38.7. The molecule has 4 aromatic rings. The molecular weight excluding hydrogens is 575 g/mol. The van der Waals surface area contributed by atoms with Crippen LogP contribution in [-0.4, -0.2) is 84.6 Å². The molecule has 0 amide bonds. The molecule has 2 aromatic carbocycles. The molecule has 1 aliphatic rings. The lowest BCUT2D eigenvalue weighted by Crippen LogP contribution is -2.60. The van der Waals surface area contributed by atoms with Crippen molar-refractivity contribution in [3.05, 3.63) is 93.5 Å². The van der Waals surface area contributed by atoms with Crippen LogP contribution in [0, 0.1) is 0 Å². The second-order valence-electron chi connectivity index (χ2n) is 9.57. The number of hydrogen-bond donors (Lipinski definition) is 2. The Kier molecular flexibility index (Phi) is 9.96. The smallest absolute Gasteiger partial charge is 0.186 e. The van der Waals surface area contributed by atoms with Gasteiger partial charge in [-0.2, -0.15) is 0 Å². The molecule has 1 saturated heterocycles. The molecule has 1 aliphatic heterocycles. The van der Waals surface area contributed by atoms with Crippen molar-refractivity contribution in [2.75, 3.05) is 13.7 Å². The quantitative estimate of drug-likeness (QED) is 0.248. The standard InChI is InChI=1S/C27H30Cl2N6O6/c1-38-27-26(40-16-22-13-35(33-31-22)11-18-4-8-20(29)9-5-18)25(24(37)23(14-36)41-27)39-15-21-12-34(32-30-21)10-17-2-6-19(28)7-3-17/h2-9,12-13,23-27,36-37H,10-11,14-16H2,1H3. The molecule has 14 heteroatoms. The first-order valence-electron chi connectivity index (χ1n) is 12.9. The maximum absolute atomic E-state index is 11.0. The van der Waals surface area contributed by atoms with Gasteiger partial charge in [0.05, 0.1) is 45.3 Å². The first kappa shape index (κ1) is 29.5. The molecule has 41 heavy (non-hydrogen) atoms. The van der Waals surface area contributed by atoms with Crippen LogP contribution in [0.15, 0.2) is 60.9 Å². The number of aliphatic hydroxyl groups excluding tert-OH is 2. The Morgan fingerprint density at radius 3 is 1.76 bits per heavy atom. The van der Waals surface area contributed by atoms with E-state index in [1.165, 1.54) is 7.11 Å². The highest BCUT2D eigenvalue weighted by Gasteiger charge is 2.47. The summed E-state index contributed by atoms with van der Waals surface area (Å²) in [6, 6.07) is 14.9. The normalized spacial score (nSPS) is 22.7. The second kappa shape index (κ2) is 13.8. The van der Waals surface area contributed by atoms with Gasteiger partial charge in [0, 0.05) is 17.2 Å². The second-order valence-corrected chi connectivity index (χ2v) is 10.4. The van der Waals surface area contributed by atoms with Gasteiger partial charge in [-0.25, -0.2) is 9.36 Å². The Morgan fingerprint density at radius 2 is 1.29 bits per heavy atom. The molecule has 5 atom stereocenters. The Labute approximate surface area is 246 Å². The summed E-state index contributed by atoms with van der Waals surface area (Å²) in [6.45, 7) is 0.686. The minimum atomic E-state index is -1.19. The van der Waals surface area contributed by atoms with Crippen molar-refractivity contribution in [3.63, 3.8) is 0 Å². The van der Waals surface area contributed by atoms with E-state index in [2.05, 4.69) is 20.6 Å². The Bertz CT molecular complexity index is 1390. The summed E-state index contributed by atoms with van der Waals surface area (Å²) >= 11 is 11.9. The van der Waals surface area contributed by atoms with Gasteiger partial charge in [0.15, 0.2) is 6.29 Å². The van der Waals surface area contributed by atoms with Crippen LogP contribution in [-0.2, 0) is 45.3 Å². The Balaban J connectivity index is 1.23. The molecule has 2 N–H and O–H groups in total. The fourth-order valence-corrected chi connectivity index (χ4v) is 4.73. The van der Waals surface area contributed by atoms with Crippen LogP contribution < -0.4 is 0 Å². The number of halogens is 2. The van der Waals surface area contributed by atoms with E-state index in [4.69, 9.17) is 42.1 Å². The maximum atomic E-state index is 11.0.